The van der Waals surface area contributed by atoms with Crippen LogP contribution in [0.25, 0.3) is 0 Å². The van der Waals surface area contributed by atoms with Gasteiger partial charge in [0.1, 0.15) is 0 Å². The van der Waals surface area contributed by atoms with Crippen LogP contribution in [-0.4, -0.2) is 14.8 Å². The second-order valence-corrected chi connectivity index (χ2v) is 4.29. The first-order valence-corrected chi connectivity index (χ1v) is 5.61. The number of nitrogens with two attached hydrogens (primary N) is 1. The summed E-state index contributed by atoms with van der Waals surface area (Å²) in [5.74, 6) is 1.41. The lowest BCUT2D eigenvalue weighted by atomic mass is 10.2. The van der Waals surface area contributed by atoms with Crippen LogP contribution in [0.5, 0.6) is 0 Å². The van der Waals surface area contributed by atoms with E-state index in [4.69, 9.17) is 5.73 Å². The third-order valence-corrected chi connectivity index (χ3v) is 2.59. The SMILES string of the molecule is Cc1ccnc(Nc2ccn(C(C)C)n2)c1N. The van der Waals surface area contributed by atoms with Crippen molar-refractivity contribution in [2.75, 3.05) is 11.1 Å². The number of aromatic nitrogens is 3. The zero-order valence-corrected chi connectivity index (χ0v) is 10.3. The van der Waals surface area contributed by atoms with Crippen LogP contribution in [-0.2, 0) is 0 Å². The van der Waals surface area contributed by atoms with E-state index in [1.807, 2.05) is 29.9 Å². The summed E-state index contributed by atoms with van der Waals surface area (Å²) >= 11 is 0. The van der Waals surface area contributed by atoms with Crippen molar-refractivity contribution in [3.8, 4) is 0 Å². The van der Waals surface area contributed by atoms with E-state index in [1.54, 1.807) is 6.20 Å². The second kappa shape index (κ2) is 4.45. The van der Waals surface area contributed by atoms with Crippen molar-refractivity contribution in [1.82, 2.24) is 14.8 Å². The van der Waals surface area contributed by atoms with Crippen LogP contribution in [0.2, 0.25) is 0 Å². The molecule has 17 heavy (non-hydrogen) atoms. The number of anilines is 3. The van der Waals surface area contributed by atoms with Crippen LogP contribution in [0, 0.1) is 6.92 Å². The van der Waals surface area contributed by atoms with Gasteiger partial charge in [-0.15, -0.1) is 0 Å². The van der Waals surface area contributed by atoms with E-state index in [0.29, 0.717) is 17.5 Å². The van der Waals surface area contributed by atoms with Crippen molar-refractivity contribution in [2.45, 2.75) is 26.8 Å². The van der Waals surface area contributed by atoms with Crippen LogP contribution in [0.1, 0.15) is 25.5 Å². The third kappa shape index (κ3) is 2.38. The monoisotopic (exact) mass is 231 g/mol. The summed E-state index contributed by atoms with van der Waals surface area (Å²) in [5, 5.41) is 7.51. The molecule has 2 heterocycles. The zero-order valence-electron chi connectivity index (χ0n) is 10.3. The van der Waals surface area contributed by atoms with Gasteiger partial charge in [0, 0.05) is 24.5 Å². The van der Waals surface area contributed by atoms with Gasteiger partial charge in [-0.1, -0.05) is 0 Å². The molecule has 0 fully saturated rings. The Bertz CT molecular complexity index is 515. The number of hydrogen-bond donors (Lipinski definition) is 2. The molecule has 0 spiro atoms. The highest BCUT2D eigenvalue weighted by Gasteiger charge is 2.06. The summed E-state index contributed by atoms with van der Waals surface area (Å²) in [7, 11) is 0. The fourth-order valence-corrected chi connectivity index (χ4v) is 1.48. The lowest BCUT2D eigenvalue weighted by Crippen LogP contribution is -2.04. The molecule has 0 radical (unpaired) electrons. The van der Waals surface area contributed by atoms with Crippen LogP contribution in [0.4, 0.5) is 17.3 Å². The molecular formula is C12H17N5. The molecular weight excluding hydrogens is 214 g/mol. The topological polar surface area (TPSA) is 68.8 Å². The van der Waals surface area contributed by atoms with Crippen molar-refractivity contribution in [2.24, 2.45) is 0 Å². The number of nitrogen functional groups attached to an aromatic ring is 1. The average molecular weight is 231 g/mol. The molecule has 0 atom stereocenters. The Labute approximate surface area is 101 Å². The largest absolute Gasteiger partial charge is 0.396 e. The molecule has 0 aliphatic rings. The van der Waals surface area contributed by atoms with Crippen molar-refractivity contribution in [3.63, 3.8) is 0 Å². The molecule has 0 aromatic carbocycles. The first-order chi connectivity index (χ1) is 8.08. The summed E-state index contributed by atoms with van der Waals surface area (Å²) in [6.45, 7) is 6.11. The van der Waals surface area contributed by atoms with Gasteiger partial charge in [0.15, 0.2) is 11.6 Å². The molecule has 2 aromatic rings. The van der Waals surface area contributed by atoms with Gasteiger partial charge in [-0.3, -0.25) is 4.68 Å². The molecule has 2 rings (SSSR count). The van der Waals surface area contributed by atoms with E-state index < -0.39 is 0 Å². The summed E-state index contributed by atoms with van der Waals surface area (Å²) in [6.07, 6.45) is 3.66. The molecule has 0 saturated carbocycles. The van der Waals surface area contributed by atoms with Gasteiger partial charge in [-0.2, -0.15) is 5.10 Å². The highest BCUT2D eigenvalue weighted by atomic mass is 15.3. The van der Waals surface area contributed by atoms with E-state index in [2.05, 4.69) is 29.2 Å². The smallest absolute Gasteiger partial charge is 0.155 e. The predicted octanol–water partition coefficient (Wildman–Crippen LogP) is 2.49. The Morgan fingerprint density at radius 2 is 2.12 bits per heavy atom. The first kappa shape index (κ1) is 11.4. The third-order valence-electron chi connectivity index (χ3n) is 2.59. The van der Waals surface area contributed by atoms with E-state index in [1.165, 1.54) is 0 Å². The van der Waals surface area contributed by atoms with E-state index >= 15 is 0 Å². The van der Waals surface area contributed by atoms with Crippen molar-refractivity contribution in [1.29, 1.82) is 0 Å². The maximum Gasteiger partial charge on any atom is 0.155 e. The number of nitrogens with zero attached hydrogens (tertiary/aromatic N) is 3. The van der Waals surface area contributed by atoms with Crippen LogP contribution in [0.3, 0.4) is 0 Å². The number of aryl methyl sites for hydroxylation is 1. The van der Waals surface area contributed by atoms with Crippen LogP contribution >= 0.6 is 0 Å². The summed E-state index contributed by atoms with van der Waals surface area (Å²) < 4.78 is 1.88. The standard InChI is InChI=1S/C12H17N5/c1-8(2)17-7-5-10(16-17)15-12-11(13)9(3)4-6-14-12/h4-8H,13H2,1-3H3,(H,14,15,16). The molecule has 3 N–H and O–H groups in total. The number of rotatable bonds is 3. The predicted molar refractivity (Wildman–Crippen MR) is 69.3 cm³/mol. The lowest BCUT2D eigenvalue weighted by Gasteiger charge is -2.08. The van der Waals surface area contributed by atoms with Crippen molar-refractivity contribution in [3.05, 3.63) is 30.1 Å². The van der Waals surface area contributed by atoms with E-state index in [0.717, 1.165) is 11.4 Å². The summed E-state index contributed by atoms with van der Waals surface area (Å²) in [6, 6.07) is 4.13. The Morgan fingerprint density at radius 3 is 2.76 bits per heavy atom. The molecule has 5 nitrogen and oxygen atoms in total. The number of hydrogen-bond acceptors (Lipinski definition) is 4. The lowest BCUT2D eigenvalue weighted by molar-refractivity contribution is 0.534. The minimum absolute atomic E-state index is 0.341. The maximum absolute atomic E-state index is 5.94. The summed E-state index contributed by atoms with van der Waals surface area (Å²) in [4.78, 5) is 4.20. The quantitative estimate of drug-likeness (QED) is 0.851. The highest BCUT2D eigenvalue weighted by molar-refractivity contribution is 5.69. The molecule has 2 aromatic heterocycles. The van der Waals surface area contributed by atoms with Crippen LogP contribution in [0.15, 0.2) is 24.5 Å². The zero-order chi connectivity index (χ0) is 12.4. The molecule has 90 valence electrons. The fraction of sp³-hybridized carbons (Fsp3) is 0.333. The molecule has 0 aliphatic carbocycles. The van der Waals surface area contributed by atoms with E-state index in [9.17, 15) is 0 Å². The molecule has 0 bridgehead atoms. The van der Waals surface area contributed by atoms with Crippen LogP contribution < -0.4 is 11.1 Å². The van der Waals surface area contributed by atoms with Gasteiger partial charge in [-0.05, 0) is 32.4 Å². The molecule has 0 saturated heterocycles. The highest BCUT2D eigenvalue weighted by Crippen LogP contribution is 2.22. The normalized spacial score (nSPS) is 10.8. The Balaban J connectivity index is 2.22. The number of pyridine rings is 1. The summed E-state index contributed by atoms with van der Waals surface area (Å²) in [5.41, 5.74) is 7.60. The van der Waals surface area contributed by atoms with Gasteiger partial charge in [0.2, 0.25) is 0 Å². The fourth-order valence-electron chi connectivity index (χ4n) is 1.48. The van der Waals surface area contributed by atoms with Crippen molar-refractivity contribution >= 4 is 17.3 Å². The molecule has 0 amide bonds. The minimum atomic E-state index is 0.341. The molecule has 0 unspecified atom stereocenters. The maximum atomic E-state index is 5.94. The van der Waals surface area contributed by atoms with Crippen molar-refractivity contribution < 1.29 is 0 Å². The van der Waals surface area contributed by atoms with Gasteiger partial charge in [0.25, 0.3) is 0 Å². The Kier molecular flexibility index (Phi) is 2.99. The first-order valence-electron chi connectivity index (χ1n) is 5.61. The van der Waals surface area contributed by atoms with E-state index in [-0.39, 0.29) is 0 Å². The van der Waals surface area contributed by atoms with Gasteiger partial charge in [0.05, 0.1) is 5.69 Å². The Hall–Kier alpha value is -2.04. The molecule has 5 heteroatoms. The second-order valence-electron chi connectivity index (χ2n) is 4.29. The molecule has 0 aliphatic heterocycles. The average Bonchev–Trinajstić information content (AvgIpc) is 2.73. The minimum Gasteiger partial charge on any atom is -0.396 e. The van der Waals surface area contributed by atoms with Gasteiger partial charge < -0.3 is 11.1 Å². The van der Waals surface area contributed by atoms with Gasteiger partial charge >= 0.3 is 0 Å². The number of nitrogens with one attached hydrogen (secondary N) is 1. The Morgan fingerprint density at radius 1 is 1.35 bits per heavy atom. The van der Waals surface area contributed by atoms with Gasteiger partial charge in [-0.25, -0.2) is 4.98 Å².